The van der Waals surface area contributed by atoms with Gasteiger partial charge >= 0.3 is 0 Å². The summed E-state index contributed by atoms with van der Waals surface area (Å²) in [6.07, 6.45) is 22.6. The molecule has 0 heterocycles. The summed E-state index contributed by atoms with van der Waals surface area (Å²) in [6.45, 7) is 0. The Balaban J connectivity index is 1.60. The SMILES string of the molecule is C(=Cc1c(C=Cc2ccccc2)c(C=Cc2ccccc2)c(-c2ccccc2)c(C=Cc2ccccc2)c1C=Cc1ccccc1)c1ccccc1. The molecule has 0 atom stereocenters. The molecule has 0 unspecified atom stereocenters. The minimum Gasteiger partial charge on any atom is -0.0622 e. The lowest BCUT2D eigenvalue weighted by Crippen LogP contribution is -2.01. The molecular weight excluding hydrogens is 625 g/mol. The van der Waals surface area contributed by atoms with Gasteiger partial charge in [0.25, 0.3) is 0 Å². The third-order valence-corrected chi connectivity index (χ3v) is 8.97. The predicted molar refractivity (Wildman–Crippen MR) is 229 cm³/mol. The van der Waals surface area contributed by atoms with Crippen LogP contribution in [0.3, 0.4) is 0 Å². The summed E-state index contributed by atoms with van der Waals surface area (Å²) in [4.78, 5) is 0. The van der Waals surface area contributed by atoms with Gasteiger partial charge in [0.15, 0.2) is 0 Å². The fourth-order valence-electron chi connectivity index (χ4n) is 6.37. The van der Waals surface area contributed by atoms with Gasteiger partial charge < -0.3 is 0 Å². The van der Waals surface area contributed by atoms with Crippen LogP contribution in [-0.4, -0.2) is 0 Å². The molecule has 0 aliphatic rings. The Bertz CT molecular complexity index is 2200. The lowest BCUT2D eigenvalue weighted by atomic mass is 9.82. The van der Waals surface area contributed by atoms with E-state index >= 15 is 0 Å². The summed E-state index contributed by atoms with van der Waals surface area (Å²) in [7, 11) is 0. The van der Waals surface area contributed by atoms with Crippen LogP contribution < -0.4 is 0 Å². The van der Waals surface area contributed by atoms with Gasteiger partial charge in [0, 0.05) is 0 Å². The highest BCUT2D eigenvalue weighted by Gasteiger charge is 2.20. The van der Waals surface area contributed by atoms with Crippen LogP contribution in [0.15, 0.2) is 182 Å². The molecule has 0 heteroatoms. The van der Waals surface area contributed by atoms with E-state index in [1.165, 1.54) is 5.56 Å². The van der Waals surface area contributed by atoms with E-state index in [4.69, 9.17) is 0 Å². The maximum absolute atomic E-state index is 2.30. The third-order valence-electron chi connectivity index (χ3n) is 8.97. The van der Waals surface area contributed by atoms with Crippen LogP contribution in [0.4, 0.5) is 0 Å². The molecule has 0 saturated carbocycles. The van der Waals surface area contributed by atoms with Crippen LogP contribution in [-0.2, 0) is 0 Å². The molecule has 0 radical (unpaired) electrons. The minimum atomic E-state index is 1.14. The monoisotopic (exact) mass is 664 g/mol. The maximum Gasteiger partial charge on any atom is -0.00264 e. The standard InChI is InChI=1S/C52H40/c1-7-19-41(20-8-1)31-36-47-48(37-32-42-21-9-2-10-22-42)50(39-34-44-25-13-4-14-26-44)52(46-29-17-6-18-30-46)51(40-35-45-27-15-5-16-28-45)49(47)38-33-43-23-11-3-12-24-43/h1-40H. The molecular formula is C52H40. The van der Waals surface area contributed by atoms with Crippen molar-refractivity contribution in [3.63, 3.8) is 0 Å². The number of hydrogen-bond donors (Lipinski definition) is 0. The molecule has 0 spiro atoms. The van der Waals surface area contributed by atoms with E-state index in [9.17, 15) is 0 Å². The molecule has 0 nitrogen and oxygen atoms in total. The van der Waals surface area contributed by atoms with Crippen molar-refractivity contribution in [1.82, 2.24) is 0 Å². The van der Waals surface area contributed by atoms with Gasteiger partial charge in [0.1, 0.15) is 0 Å². The lowest BCUT2D eigenvalue weighted by Gasteiger charge is -2.22. The second-order valence-electron chi connectivity index (χ2n) is 12.5. The quantitative estimate of drug-likeness (QED) is 0.121. The first-order chi connectivity index (χ1) is 25.8. The van der Waals surface area contributed by atoms with Gasteiger partial charge in [-0.3, -0.25) is 0 Å². The zero-order valence-electron chi connectivity index (χ0n) is 29.1. The van der Waals surface area contributed by atoms with E-state index in [2.05, 4.69) is 243 Å². The highest BCUT2D eigenvalue weighted by Crippen LogP contribution is 2.41. The van der Waals surface area contributed by atoms with Crippen LogP contribution >= 0.6 is 0 Å². The van der Waals surface area contributed by atoms with Gasteiger partial charge in [0.2, 0.25) is 0 Å². The van der Waals surface area contributed by atoms with Crippen molar-refractivity contribution in [2.75, 3.05) is 0 Å². The summed E-state index contributed by atoms with van der Waals surface area (Å²) >= 11 is 0. The van der Waals surface area contributed by atoms with Crippen molar-refractivity contribution in [1.29, 1.82) is 0 Å². The molecule has 7 aromatic rings. The molecule has 0 aliphatic carbocycles. The average molecular weight is 665 g/mol. The number of benzene rings is 7. The van der Waals surface area contributed by atoms with Crippen molar-refractivity contribution >= 4 is 60.8 Å². The summed E-state index contributed by atoms with van der Waals surface area (Å²) < 4.78 is 0. The van der Waals surface area contributed by atoms with E-state index in [1.807, 2.05) is 0 Å². The van der Waals surface area contributed by atoms with Crippen molar-refractivity contribution < 1.29 is 0 Å². The predicted octanol–water partition coefficient (Wildman–Crippen LogP) is 14.2. The van der Waals surface area contributed by atoms with Crippen molar-refractivity contribution in [3.05, 3.63) is 238 Å². The molecule has 52 heavy (non-hydrogen) atoms. The van der Waals surface area contributed by atoms with Crippen molar-refractivity contribution in [2.24, 2.45) is 0 Å². The molecule has 0 aromatic heterocycles. The first kappa shape index (κ1) is 33.7. The minimum absolute atomic E-state index is 1.14. The van der Waals surface area contributed by atoms with Crippen molar-refractivity contribution in [3.8, 4) is 11.1 Å². The van der Waals surface area contributed by atoms with Crippen LogP contribution in [0, 0.1) is 0 Å². The zero-order chi connectivity index (χ0) is 35.2. The molecule has 7 aromatic carbocycles. The fraction of sp³-hybridized carbons (Fsp3) is 0. The van der Waals surface area contributed by atoms with Crippen LogP contribution in [0.25, 0.3) is 71.9 Å². The summed E-state index contributed by atoms with van der Waals surface area (Å²) in [5.74, 6) is 0. The highest BCUT2D eigenvalue weighted by molar-refractivity contribution is 6.01. The Morgan fingerprint density at radius 1 is 0.192 bits per heavy atom. The smallest absolute Gasteiger partial charge is 0.00264 e. The second kappa shape index (κ2) is 17.3. The summed E-state index contributed by atoms with van der Waals surface area (Å²) in [5, 5.41) is 0. The molecule has 0 N–H and O–H groups in total. The topological polar surface area (TPSA) is 0 Å². The molecule has 0 bridgehead atoms. The molecule has 0 aliphatic heterocycles. The van der Waals surface area contributed by atoms with E-state index in [0.29, 0.717) is 0 Å². The van der Waals surface area contributed by atoms with E-state index < -0.39 is 0 Å². The van der Waals surface area contributed by atoms with Crippen LogP contribution in [0.2, 0.25) is 0 Å². The summed E-state index contributed by atoms with van der Waals surface area (Å²) in [6, 6.07) is 63.6. The Hall–Kier alpha value is -6.76. The summed E-state index contributed by atoms with van der Waals surface area (Å²) in [5.41, 5.74) is 13.8. The maximum atomic E-state index is 2.30. The first-order valence-corrected chi connectivity index (χ1v) is 17.8. The Kier molecular flexibility index (Phi) is 11.2. The van der Waals surface area contributed by atoms with E-state index in [-0.39, 0.29) is 0 Å². The Morgan fingerprint density at radius 2 is 0.404 bits per heavy atom. The molecule has 0 saturated heterocycles. The van der Waals surface area contributed by atoms with Gasteiger partial charge in [-0.25, -0.2) is 0 Å². The number of rotatable bonds is 11. The van der Waals surface area contributed by atoms with Gasteiger partial charge in [-0.15, -0.1) is 0 Å². The third kappa shape index (κ3) is 8.69. The Morgan fingerprint density at radius 3 is 0.673 bits per heavy atom. The van der Waals surface area contributed by atoms with E-state index in [0.717, 1.165) is 61.2 Å². The molecule has 0 amide bonds. The van der Waals surface area contributed by atoms with E-state index in [1.54, 1.807) is 0 Å². The second-order valence-corrected chi connectivity index (χ2v) is 12.5. The van der Waals surface area contributed by atoms with Crippen LogP contribution in [0.5, 0.6) is 0 Å². The van der Waals surface area contributed by atoms with Gasteiger partial charge in [-0.2, -0.15) is 0 Å². The molecule has 7 rings (SSSR count). The van der Waals surface area contributed by atoms with Gasteiger partial charge in [0.05, 0.1) is 0 Å². The lowest BCUT2D eigenvalue weighted by molar-refractivity contribution is 1.49. The zero-order valence-corrected chi connectivity index (χ0v) is 29.1. The molecule has 0 fully saturated rings. The fourth-order valence-corrected chi connectivity index (χ4v) is 6.37. The van der Waals surface area contributed by atoms with Gasteiger partial charge in [-0.1, -0.05) is 243 Å². The largest absolute Gasteiger partial charge is 0.0622 e. The van der Waals surface area contributed by atoms with Crippen LogP contribution in [0.1, 0.15) is 55.6 Å². The normalized spacial score (nSPS) is 11.8. The molecule has 248 valence electrons. The van der Waals surface area contributed by atoms with Crippen molar-refractivity contribution in [2.45, 2.75) is 0 Å². The average Bonchev–Trinajstić information content (AvgIpc) is 3.22. The number of hydrogen-bond acceptors (Lipinski definition) is 0. The first-order valence-electron chi connectivity index (χ1n) is 17.8. The Labute approximate surface area is 308 Å². The highest BCUT2D eigenvalue weighted by atomic mass is 14.2. The van der Waals surface area contributed by atoms with Gasteiger partial charge in [-0.05, 0) is 66.8 Å².